The highest BCUT2D eigenvalue weighted by molar-refractivity contribution is 5.79. The summed E-state index contributed by atoms with van der Waals surface area (Å²) in [6.07, 6.45) is 8.19. The number of hydrogen-bond acceptors (Lipinski definition) is 4. The molecule has 0 saturated heterocycles. The lowest BCUT2D eigenvalue weighted by atomic mass is 9.93. The van der Waals surface area contributed by atoms with Gasteiger partial charge in [0, 0.05) is 42.7 Å². The monoisotopic (exact) mass is 413 g/mol. The van der Waals surface area contributed by atoms with Gasteiger partial charge in [0.25, 0.3) is 5.92 Å². The molecular formula is C23H22F3N3O. The van der Waals surface area contributed by atoms with E-state index in [1.807, 2.05) is 0 Å². The summed E-state index contributed by atoms with van der Waals surface area (Å²) in [7, 11) is 0. The molecule has 3 rings (SSSR count). The number of hydrogen-bond donors (Lipinski definition) is 3. The summed E-state index contributed by atoms with van der Waals surface area (Å²) in [6.45, 7) is 0.210. The van der Waals surface area contributed by atoms with Crippen LogP contribution in [0.25, 0.3) is 11.3 Å². The molecule has 1 heterocycles. The topological polar surface area (TPSA) is 71.2 Å². The van der Waals surface area contributed by atoms with Gasteiger partial charge in [-0.25, -0.2) is 13.2 Å². The number of allylic oxidation sites excluding steroid dienone is 5. The van der Waals surface area contributed by atoms with Crippen LogP contribution in [0.1, 0.15) is 24.5 Å². The van der Waals surface area contributed by atoms with Crippen LogP contribution < -0.4 is 11.1 Å². The molecule has 1 aromatic heterocycles. The van der Waals surface area contributed by atoms with Crippen molar-refractivity contribution < 1.29 is 18.3 Å². The smallest absolute Gasteiger partial charge is 0.262 e. The fraction of sp³-hybridized carbons (Fsp3) is 0.174. The molecule has 0 spiro atoms. The highest BCUT2D eigenvalue weighted by atomic mass is 19.3. The fourth-order valence-electron chi connectivity index (χ4n) is 2.97. The van der Waals surface area contributed by atoms with Crippen molar-refractivity contribution in [3.8, 4) is 0 Å². The van der Waals surface area contributed by atoms with Crippen molar-refractivity contribution in [2.75, 3.05) is 6.54 Å². The van der Waals surface area contributed by atoms with Crippen molar-refractivity contribution in [3.05, 3.63) is 101 Å². The molecule has 0 aliphatic heterocycles. The van der Waals surface area contributed by atoms with Gasteiger partial charge >= 0.3 is 0 Å². The Bertz CT molecular complexity index is 1020. The number of benzene rings is 1. The van der Waals surface area contributed by atoms with Gasteiger partial charge in [-0.1, -0.05) is 12.1 Å². The molecule has 0 amide bonds. The standard InChI is InChI=1S/C23H22F3N3O/c1-23(25,26)14-29-22(12-21(27)16-3-2-8-28-13-16)18-9-17(10-20(30)11-18)15-4-6-19(24)7-5-15/h2-10,12-13,29-30H,11,14,27H2,1H3/b21-12-,22-18+. The van der Waals surface area contributed by atoms with Crippen molar-refractivity contribution in [2.45, 2.75) is 19.3 Å². The predicted molar refractivity (Wildman–Crippen MR) is 112 cm³/mol. The number of pyridine rings is 1. The molecule has 0 radical (unpaired) electrons. The summed E-state index contributed by atoms with van der Waals surface area (Å²) >= 11 is 0. The number of alkyl halides is 2. The minimum atomic E-state index is -2.95. The van der Waals surface area contributed by atoms with Crippen molar-refractivity contribution in [2.24, 2.45) is 5.73 Å². The zero-order chi connectivity index (χ0) is 21.7. The first-order valence-electron chi connectivity index (χ1n) is 9.31. The second kappa shape index (κ2) is 8.90. The molecule has 0 unspecified atom stereocenters. The van der Waals surface area contributed by atoms with Gasteiger partial charge in [0.05, 0.1) is 12.3 Å². The highest BCUT2D eigenvalue weighted by Crippen LogP contribution is 2.30. The Balaban J connectivity index is 2.05. The van der Waals surface area contributed by atoms with E-state index in [1.165, 1.54) is 12.1 Å². The molecule has 1 aliphatic rings. The lowest BCUT2D eigenvalue weighted by Crippen LogP contribution is -2.30. The van der Waals surface area contributed by atoms with Gasteiger partial charge in [0.2, 0.25) is 0 Å². The van der Waals surface area contributed by atoms with E-state index in [1.54, 1.807) is 54.9 Å². The van der Waals surface area contributed by atoms with Crippen molar-refractivity contribution in [1.29, 1.82) is 0 Å². The molecule has 30 heavy (non-hydrogen) atoms. The van der Waals surface area contributed by atoms with Crippen molar-refractivity contribution in [1.82, 2.24) is 10.3 Å². The first kappa shape index (κ1) is 21.2. The van der Waals surface area contributed by atoms with Gasteiger partial charge in [0.15, 0.2) is 0 Å². The molecule has 0 bridgehead atoms. The second-order valence-corrected chi connectivity index (χ2v) is 7.12. The van der Waals surface area contributed by atoms with E-state index < -0.39 is 12.5 Å². The van der Waals surface area contributed by atoms with Crippen LogP contribution in [0.4, 0.5) is 13.2 Å². The van der Waals surface area contributed by atoms with E-state index in [0.717, 1.165) is 6.92 Å². The third kappa shape index (κ3) is 5.76. The minimum absolute atomic E-state index is 0.0581. The average molecular weight is 413 g/mol. The van der Waals surface area contributed by atoms with Gasteiger partial charge in [-0.2, -0.15) is 0 Å². The van der Waals surface area contributed by atoms with Gasteiger partial charge in [0.1, 0.15) is 5.82 Å². The maximum Gasteiger partial charge on any atom is 0.262 e. The van der Waals surface area contributed by atoms with Crippen molar-refractivity contribution in [3.63, 3.8) is 0 Å². The van der Waals surface area contributed by atoms with Gasteiger partial charge in [-0.15, -0.1) is 0 Å². The Morgan fingerprint density at radius 2 is 1.97 bits per heavy atom. The van der Waals surface area contributed by atoms with Crippen LogP contribution in [0.3, 0.4) is 0 Å². The summed E-state index contributed by atoms with van der Waals surface area (Å²) in [6, 6.07) is 9.28. The van der Waals surface area contributed by atoms with Crippen LogP contribution in [0.2, 0.25) is 0 Å². The maximum atomic E-state index is 13.5. The lowest BCUT2D eigenvalue weighted by molar-refractivity contribution is 0.0254. The molecular weight excluding hydrogens is 391 g/mol. The highest BCUT2D eigenvalue weighted by Gasteiger charge is 2.22. The largest absolute Gasteiger partial charge is 0.512 e. The molecule has 0 atom stereocenters. The quantitative estimate of drug-likeness (QED) is 0.627. The van der Waals surface area contributed by atoms with Gasteiger partial charge in [-0.05, 0) is 59.2 Å². The molecule has 2 aromatic rings. The lowest BCUT2D eigenvalue weighted by Gasteiger charge is -2.20. The van der Waals surface area contributed by atoms with Crippen LogP contribution in [-0.2, 0) is 0 Å². The number of aliphatic hydroxyl groups excluding tert-OH is 1. The molecule has 7 heteroatoms. The first-order valence-corrected chi connectivity index (χ1v) is 9.31. The Hall–Kier alpha value is -3.48. The minimum Gasteiger partial charge on any atom is -0.512 e. The third-order valence-electron chi connectivity index (χ3n) is 4.43. The van der Waals surface area contributed by atoms with Crippen LogP contribution >= 0.6 is 0 Å². The average Bonchev–Trinajstić information content (AvgIpc) is 2.71. The number of aromatic nitrogens is 1. The van der Waals surface area contributed by atoms with E-state index >= 15 is 0 Å². The molecule has 0 fully saturated rings. The summed E-state index contributed by atoms with van der Waals surface area (Å²) in [4.78, 5) is 4.01. The normalized spacial score (nSPS) is 16.6. The first-order chi connectivity index (χ1) is 14.2. The van der Waals surface area contributed by atoms with Crippen LogP contribution in [0.5, 0.6) is 0 Å². The molecule has 1 aromatic carbocycles. The van der Waals surface area contributed by atoms with Crippen molar-refractivity contribution >= 4 is 11.3 Å². The Kier molecular flexibility index (Phi) is 6.30. The Labute approximate surface area is 173 Å². The number of nitrogens with zero attached hydrogens (tertiary/aromatic N) is 1. The number of nitrogens with one attached hydrogen (secondary N) is 1. The summed E-state index contributed by atoms with van der Waals surface area (Å²) in [5, 5.41) is 13.0. The molecule has 0 saturated carbocycles. The van der Waals surface area contributed by atoms with E-state index in [4.69, 9.17) is 5.73 Å². The van der Waals surface area contributed by atoms with Gasteiger partial charge < -0.3 is 16.2 Å². The Morgan fingerprint density at radius 1 is 1.23 bits per heavy atom. The summed E-state index contributed by atoms with van der Waals surface area (Å²) in [5.41, 5.74) is 9.38. The summed E-state index contributed by atoms with van der Waals surface area (Å²) < 4.78 is 40.3. The van der Waals surface area contributed by atoms with E-state index in [0.29, 0.717) is 33.7 Å². The van der Waals surface area contributed by atoms with Crippen LogP contribution in [0, 0.1) is 5.82 Å². The number of rotatable bonds is 6. The molecule has 4 N–H and O–H groups in total. The van der Waals surface area contributed by atoms with E-state index in [2.05, 4.69) is 10.3 Å². The number of halogens is 3. The number of aliphatic hydroxyl groups is 1. The zero-order valence-corrected chi connectivity index (χ0v) is 16.4. The zero-order valence-electron chi connectivity index (χ0n) is 16.4. The molecule has 1 aliphatic carbocycles. The van der Waals surface area contributed by atoms with E-state index in [-0.39, 0.29) is 18.0 Å². The SMILES string of the molecule is CC(F)(F)CNC(/C=C(\N)c1cccnc1)=C1\C=C(c2ccc(F)cc2)C=C(O)C1. The predicted octanol–water partition coefficient (Wildman–Crippen LogP) is 4.95. The Morgan fingerprint density at radius 3 is 2.60 bits per heavy atom. The van der Waals surface area contributed by atoms with Gasteiger partial charge in [-0.3, -0.25) is 4.98 Å². The second-order valence-electron chi connectivity index (χ2n) is 7.12. The molecule has 156 valence electrons. The molecule has 4 nitrogen and oxygen atoms in total. The van der Waals surface area contributed by atoms with Crippen LogP contribution in [0.15, 0.2) is 84.0 Å². The maximum absolute atomic E-state index is 13.5. The van der Waals surface area contributed by atoms with E-state index in [9.17, 15) is 18.3 Å². The summed E-state index contributed by atoms with van der Waals surface area (Å²) in [5.74, 6) is -3.26. The van der Waals surface area contributed by atoms with Crippen LogP contribution in [-0.4, -0.2) is 22.6 Å². The fourth-order valence-corrected chi connectivity index (χ4v) is 2.97. The third-order valence-corrected chi connectivity index (χ3v) is 4.43. The number of nitrogens with two attached hydrogens (primary N) is 1.